The Morgan fingerprint density at radius 1 is 1.71 bits per heavy atom. The molecule has 1 rings (SSSR count). The van der Waals surface area contributed by atoms with Gasteiger partial charge in [-0.3, -0.25) is 0 Å². The summed E-state index contributed by atoms with van der Waals surface area (Å²) in [7, 11) is 1.77. The zero-order valence-corrected chi connectivity index (χ0v) is 8.77. The number of amides is 2. The van der Waals surface area contributed by atoms with Crippen LogP contribution in [0, 0.1) is 0 Å². The van der Waals surface area contributed by atoms with Gasteiger partial charge in [0.25, 0.3) is 0 Å². The fourth-order valence-electron chi connectivity index (χ4n) is 1.38. The molecule has 0 aliphatic carbocycles. The number of aliphatic hydroxyl groups is 1. The van der Waals surface area contributed by atoms with Gasteiger partial charge in [-0.25, -0.2) is 4.79 Å². The summed E-state index contributed by atoms with van der Waals surface area (Å²) in [6.07, 6.45) is -0.224. The number of carbonyl (C=O) groups is 1. The molecular weight excluding hydrogens is 184 g/mol. The van der Waals surface area contributed by atoms with Crippen LogP contribution in [0.4, 0.5) is 4.79 Å². The van der Waals surface area contributed by atoms with Gasteiger partial charge >= 0.3 is 6.03 Å². The van der Waals surface area contributed by atoms with Crippen LogP contribution in [0.5, 0.6) is 0 Å². The van der Waals surface area contributed by atoms with Crippen molar-refractivity contribution >= 4 is 6.03 Å². The first kappa shape index (κ1) is 11.3. The van der Waals surface area contributed by atoms with E-state index in [1.165, 1.54) is 0 Å². The highest BCUT2D eigenvalue weighted by molar-refractivity contribution is 5.74. The van der Waals surface area contributed by atoms with E-state index in [0.29, 0.717) is 26.2 Å². The monoisotopic (exact) mass is 202 g/mol. The number of rotatable bonds is 2. The molecule has 0 spiro atoms. The zero-order chi connectivity index (χ0) is 10.6. The third-order valence-corrected chi connectivity index (χ3v) is 2.41. The predicted octanol–water partition coefficient (Wildman–Crippen LogP) is -0.249. The molecule has 1 atom stereocenters. The second-order valence-electron chi connectivity index (χ2n) is 3.42. The van der Waals surface area contributed by atoms with Crippen LogP contribution in [-0.2, 0) is 4.74 Å². The summed E-state index contributed by atoms with van der Waals surface area (Å²) >= 11 is 0. The van der Waals surface area contributed by atoms with Gasteiger partial charge in [0.2, 0.25) is 0 Å². The fraction of sp³-hybridized carbons (Fsp3) is 0.889. The van der Waals surface area contributed by atoms with Crippen molar-refractivity contribution in [2.24, 2.45) is 0 Å². The molecule has 2 amide bonds. The lowest BCUT2D eigenvalue weighted by atomic mass is 10.3. The van der Waals surface area contributed by atoms with E-state index in [9.17, 15) is 4.79 Å². The van der Waals surface area contributed by atoms with Gasteiger partial charge in [-0.05, 0) is 6.92 Å². The number of urea groups is 1. The Bertz CT molecular complexity index is 198. The van der Waals surface area contributed by atoms with Crippen LogP contribution < -0.4 is 0 Å². The average Bonchev–Trinajstić information content (AvgIpc) is 2.27. The standard InChI is InChI=1S/C9H18N2O3/c1-3-10(2)9(13)11-4-5-14-8(6-11)7-12/h8,12H,3-7H2,1-2H3. The number of hydrogen-bond donors (Lipinski definition) is 1. The normalized spacial score (nSPS) is 22.2. The number of hydrogen-bond acceptors (Lipinski definition) is 3. The van der Waals surface area contributed by atoms with E-state index >= 15 is 0 Å². The summed E-state index contributed by atoms with van der Waals surface area (Å²) in [5.74, 6) is 0. The van der Waals surface area contributed by atoms with Crippen LogP contribution in [-0.4, -0.2) is 66.9 Å². The Kier molecular flexibility index (Phi) is 4.16. The third-order valence-electron chi connectivity index (χ3n) is 2.41. The maximum absolute atomic E-state index is 11.7. The Morgan fingerprint density at radius 2 is 2.43 bits per heavy atom. The third kappa shape index (κ3) is 2.59. The van der Waals surface area contributed by atoms with Gasteiger partial charge in [0.1, 0.15) is 0 Å². The van der Waals surface area contributed by atoms with Crippen molar-refractivity contribution in [1.82, 2.24) is 9.80 Å². The van der Waals surface area contributed by atoms with Gasteiger partial charge < -0.3 is 19.6 Å². The van der Waals surface area contributed by atoms with Gasteiger partial charge in [-0.1, -0.05) is 0 Å². The summed E-state index contributed by atoms with van der Waals surface area (Å²) in [5, 5.41) is 8.91. The van der Waals surface area contributed by atoms with Gasteiger partial charge in [0.05, 0.1) is 25.9 Å². The van der Waals surface area contributed by atoms with E-state index in [4.69, 9.17) is 9.84 Å². The van der Waals surface area contributed by atoms with E-state index in [0.717, 1.165) is 0 Å². The van der Waals surface area contributed by atoms with Crippen LogP contribution in [0.25, 0.3) is 0 Å². The maximum Gasteiger partial charge on any atom is 0.319 e. The number of ether oxygens (including phenoxy) is 1. The van der Waals surface area contributed by atoms with Crippen LogP contribution in [0.2, 0.25) is 0 Å². The van der Waals surface area contributed by atoms with E-state index in [1.54, 1.807) is 16.8 Å². The van der Waals surface area contributed by atoms with Crippen LogP contribution >= 0.6 is 0 Å². The molecule has 1 saturated heterocycles. The predicted molar refractivity (Wildman–Crippen MR) is 52.1 cm³/mol. The van der Waals surface area contributed by atoms with Crippen LogP contribution in [0.3, 0.4) is 0 Å². The molecule has 0 aromatic heterocycles. The highest BCUT2D eigenvalue weighted by Crippen LogP contribution is 2.06. The molecule has 5 nitrogen and oxygen atoms in total. The van der Waals surface area contributed by atoms with Crippen molar-refractivity contribution in [1.29, 1.82) is 0 Å². The molecule has 0 radical (unpaired) electrons. The van der Waals surface area contributed by atoms with Gasteiger partial charge in [0.15, 0.2) is 0 Å². The molecule has 1 fully saturated rings. The summed E-state index contributed by atoms with van der Waals surface area (Å²) < 4.78 is 5.26. The average molecular weight is 202 g/mol. The second kappa shape index (κ2) is 5.17. The molecule has 1 aliphatic rings. The molecule has 1 aliphatic heterocycles. The van der Waals surface area contributed by atoms with Gasteiger partial charge in [-0.15, -0.1) is 0 Å². The lowest BCUT2D eigenvalue weighted by molar-refractivity contribution is -0.0432. The van der Waals surface area contributed by atoms with Crippen molar-refractivity contribution in [3.8, 4) is 0 Å². The van der Waals surface area contributed by atoms with Crippen molar-refractivity contribution in [3.05, 3.63) is 0 Å². The molecule has 14 heavy (non-hydrogen) atoms. The number of carbonyl (C=O) groups excluding carboxylic acids is 1. The van der Waals surface area contributed by atoms with E-state index < -0.39 is 0 Å². The first-order valence-electron chi connectivity index (χ1n) is 4.91. The molecule has 1 N–H and O–H groups in total. The smallest absolute Gasteiger partial charge is 0.319 e. The summed E-state index contributed by atoms with van der Waals surface area (Å²) in [6.45, 7) is 4.20. The molecule has 0 aromatic carbocycles. The zero-order valence-electron chi connectivity index (χ0n) is 8.77. The lowest BCUT2D eigenvalue weighted by Gasteiger charge is -2.34. The molecule has 1 unspecified atom stereocenters. The maximum atomic E-state index is 11.7. The summed E-state index contributed by atoms with van der Waals surface area (Å²) in [6, 6.07) is 0.00856. The Labute approximate surface area is 84.2 Å². The van der Waals surface area contributed by atoms with Crippen molar-refractivity contribution in [2.45, 2.75) is 13.0 Å². The highest BCUT2D eigenvalue weighted by Gasteiger charge is 2.24. The summed E-state index contributed by atoms with van der Waals surface area (Å²) in [5.41, 5.74) is 0. The number of nitrogens with zero attached hydrogens (tertiary/aromatic N) is 2. The first-order chi connectivity index (χ1) is 6.69. The Balaban J connectivity index is 2.47. The Hall–Kier alpha value is -0.810. The fourth-order valence-corrected chi connectivity index (χ4v) is 1.38. The van der Waals surface area contributed by atoms with Gasteiger partial charge in [0, 0.05) is 20.1 Å². The lowest BCUT2D eigenvalue weighted by Crippen LogP contribution is -2.50. The van der Waals surface area contributed by atoms with Crippen molar-refractivity contribution in [2.75, 3.05) is 39.9 Å². The molecule has 82 valence electrons. The second-order valence-corrected chi connectivity index (χ2v) is 3.42. The molecule has 0 saturated carbocycles. The van der Waals surface area contributed by atoms with Crippen molar-refractivity contribution < 1.29 is 14.6 Å². The van der Waals surface area contributed by atoms with Crippen LogP contribution in [0.1, 0.15) is 6.92 Å². The minimum absolute atomic E-state index is 0.00856. The minimum Gasteiger partial charge on any atom is -0.394 e. The van der Waals surface area contributed by atoms with E-state index in [1.807, 2.05) is 6.92 Å². The minimum atomic E-state index is -0.224. The van der Waals surface area contributed by atoms with Gasteiger partial charge in [-0.2, -0.15) is 0 Å². The van der Waals surface area contributed by atoms with E-state index in [-0.39, 0.29) is 18.7 Å². The molecule has 0 aromatic rings. The molecule has 5 heteroatoms. The quantitative estimate of drug-likeness (QED) is 0.672. The molecule has 1 heterocycles. The Morgan fingerprint density at radius 3 is 3.00 bits per heavy atom. The van der Waals surface area contributed by atoms with E-state index in [2.05, 4.69) is 0 Å². The number of morpholine rings is 1. The molecule has 0 bridgehead atoms. The topological polar surface area (TPSA) is 53.0 Å². The first-order valence-corrected chi connectivity index (χ1v) is 4.91. The largest absolute Gasteiger partial charge is 0.394 e. The SMILES string of the molecule is CCN(C)C(=O)N1CCOC(CO)C1. The molecular formula is C9H18N2O3. The summed E-state index contributed by atoms with van der Waals surface area (Å²) in [4.78, 5) is 15.1. The van der Waals surface area contributed by atoms with Crippen molar-refractivity contribution in [3.63, 3.8) is 0 Å². The number of aliphatic hydroxyl groups excluding tert-OH is 1. The highest BCUT2D eigenvalue weighted by atomic mass is 16.5. The van der Waals surface area contributed by atoms with Crippen LogP contribution in [0.15, 0.2) is 0 Å².